The molecule has 0 saturated carbocycles. The highest BCUT2D eigenvalue weighted by Gasteiger charge is 2.30. The van der Waals surface area contributed by atoms with E-state index in [9.17, 15) is 13.2 Å². The van der Waals surface area contributed by atoms with Gasteiger partial charge in [-0.25, -0.2) is 4.18 Å². The summed E-state index contributed by atoms with van der Waals surface area (Å²) in [6.07, 6.45) is 0.0534. The molecular formula is C20H18N2O4S. The molecule has 0 spiro atoms. The van der Waals surface area contributed by atoms with Crippen molar-refractivity contribution in [1.29, 1.82) is 0 Å². The minimum Gasteiger partial charge on any atom is -0.323 e. The molecule has 0 aliphatic heterocycles. The number of nitrogens with one attached hydrogen (secondary N) is 1. The van der Waals surface area contributed by atoms with E-state index in [1.807, 2.05) is 13.0 Å². The highest BCUT2D eigenvalue weighted by Crippen LogP contribution is 2.24. The van der Waals surface area contributed by atoms with Crippen LogP contribution in [0.15, 0.2) is 83.9 Å². The van der Waals surface area contributed by atoms with Crippen LogP contribution in [0.3, 0.4) is 0 Å². The van der Waals surface area contributed by atoms with Crippen LogP contribution >= 0.6 is 0 Å². The third kappa shape index (κ3) is 4.78. The highest BCUT2D eigenvalue weighted by molar-refractivity contribution is 7.86. The van der Waals surface area contributed by atoms with Crippen molar-refractivity contribution in [2.24, 2.45) is 0 Å². The Labute approximate surface area is 158 Å². The maximum absolute atomic E-state index is 12.7. The number of hydrogen-bond acceptors (Lipinski definition) is 5. The van der Waals surface area contributed by atoms with Crippen LogP contribution in [-0.4, -0.2) is 19.3 Å². The topological polar surface area (TPSA) is 85.4 Å². The molecule has 1 heterocycles. The number of anilines is 1. The van der Waals surface area contributed by atoms with Gasteiger partial charge in [0.25, 0.3) is 16.0 Å². The summed E-state index contributed by atoms with van der Waals surface area (Å²) in [6.45, 7) is 1.85. The number of amides is 1. The average Bonchev–Trinajstić information content (AvgIpc) is 2.68. The molecular weight excluding hydrogens is 364 g/mol. The fraction of sp³-hybridized carbons (Fsp3) is 0.100. The van der Waals surface area contributed by atoms with Crippen LogP contribution in [0, 0.1) is 6.92 Å². The van der Waals surface area contributed by atoms with E-state index < -0.39 is 22.1 Å². The zero-order valence-corrected chi connectivity index (χ0v) is 15.4. The van der Waals surface area contributed by atoms with Crippen LogP contribution in [-0.2, 0) is 19.1 Å². The molecule has 27 heavy (non-hydrogen) atoms. The molecule has 1 unspecified atom stereocenters. The van der Waals surface area contributed by atoms with Crippen molar-refractivity contribution in [3.63, 3.8) is 0 Å². The summed E-state index contributed by atoms with van der Waals surface area (Å²) in [7, 11) is -4.16. The van der Waals surface area contributed by atoms with Crippen molar-refractivity contribution in [1.82, 2.24) is 4.98 Å². The third-order valence-corrected chi connectivity index (χ3v) is 5.06. The molecule has 138 valence electrons. The van der Waals surface area contributed by atoms with Gasteiger partial charge >= 0.3 is 0 Å². The van der Waals surface area contributed by atoms with Gasteiger partial charge in [-0.1, -0.05) is 42.0 Å². The van der Waals surface area contributed by atoms with Gasteiger partial charge in [-0.15, -0.1) is 0 Å². The van der Waals surface area contributed by atoms with Gasteiger partial charge in [0.1, 0.15) is 0 Å². The van der Waals surface area contributed by atoms with Crippen molar-refractivity contribution in [2.45, 2.75) is 17.9 Å². The third-order valence-electron chi connectivity index (χ3n) is 3.77. The molecule has 0 fully saturated rings. The number of rotatable bonds is 6. The minimum absolute atomic E-state index is 0.0263. The van der Waals surface area contributed by atoms with Crippen LogP contribution in [0.5, 0.6) is 0 Å². The molecule has 0 saturated heterocycles. The second kappa shape index (κ2) is 8.11. The van der Waals surface area contributed by atoms with Crippen LogP contribution in [0.4, 0.5) is 5.69 Å². The number of para-hydroxylation sites is 1. The predicted molar refractivity (Wildman–Crippen MR) is 101 cm³/mol. The van der Waals surface area contributed by atoms with Gasteiger partial charge in [0.05, 0.1) is 10.6 Å². The number of aryl methyl sites for hydroxylation is 1. The summed E-state index contributed by atoms with van der Waals surface area (Å²) in [5.74, 6) is -0.629. The molecule has 3 aromatic rings. The Morgan fingerprint density at radius 2 is 1.63 bits per heavy atom. The maximum Gasteiger partial charge on any atom is 0.298 e. The highest BCUT2D eigenvalue weighted by atomic mass is 32.2. The van der Waals surface area contributed by atoms with Crippen LogP contribution in [0.25, 0.3) is 0 Å². The number of nitrogens with zero attached hydrogens (tertiary/aromatic N) is 1. The normalized spacial score (nSPS) is 12.3. The summed E-state index contributed by atoms with van der Waals surface area (Å²) in [6, 6.07) is 19.8. The van der Waals surface area contributed by atoms with Crippen molar-refractivity contribution >= 4 is 21.7 Å². The monoisotopic (exact) mass is 382 g/mol. The average molecular weight is 382 g/mol. The molecule has 7 heteroatoms. The van der Waals surface area contributed by atoms with Gasteiger partial charge in [0.2, 0.25) is 0 Å². The van der Waals surface area contributed by atoms with E-state index >= 15 is 0 Å². The van der Waals surface area contributed by atoms with Crippen LogP contribution in [0.1, 0.15) is 17.4 Å². The zero-order valence-electron chi connectivity index (χ0n) is 14.6. The lowest BCUT2D eigenvalue weighted by molar-refractivity contribution is -0.123. The fourth-order valence-electron chi connectivity index (χ4n) is 2.37. The molecule has 1 N–H and O–H groups in total. The molecule has 0 radical (unpaired) electrons. The molecule has 1 amide bonds. The van der Waals surface area contributed by atoms with Gasteiger partial charge in [-0.05, 0) is 43.3 Å². The number of carbonyl (C=O) groups is 1. The second-order valence-electron chi connectivity index (χ2n) is 5.85. The summed E-state index contributed by atoms with van der Waals surface area (Å²) in [5.41, 5.74) is 1.64. The van der Waals surface area contributed by atoms with E-state index in [4.69, 9.17) is 4.18 Å². The standard InChI is InChI=1S/C20H18N2O4S/c1-15-10-12-17(13-11-15)27(24,25)26-19(18-9-5-6-14-21-18)20(23)22-16-7-3-2-4-8-16/h2-14,19H,1H3,(H,22,23). The zero-order chi connectivity index (χ0) is 19.3. The molecule has 1 atom stereocenters. The molecule has 0 bridgehead atoms. The van der Waals surface area contributed by atoms with Gasteiger partial charge in [-0.3, -0.25) is 9.78 Å². The van der Waals surface area contributed by atoms with Crippen molar-refractivity contribution in [2.75, 3.05) is 5.32 Å². The number of carbonyl (C=O) groups excluding carboxylic acids is 1. The lowest BCUT2D eigenvalue weighted by atomic mass is 10.2. The first-order valence-corrected chi connectivity index (χ1v) is 9.63. The Kier molecular flexibility index (Phi) is 5.63. The summed E-state index contributed by atoms with van der Waals surface area (Å²) in [4.78, 5) is 16.8. The van der Waals surface area contributed by atoms with Crippen molar-refractivity contribution in [3.8, 4) is 0 Å². The van der Waals surface area contributed by atoms with E-state index in [-0.39, 0.29) is 10.6 Å². The largest absolute Gasteiger partial charge is 0.323 e. The Morgan fingerprint density at radius 1 is 0.963 bits per heavy atom. The van der Waals surface area contributed by atoms with E-state index in [1.165, 1.54) is 18.3 Å². The molecule has 6 nitrogen and oxygen atoms in total. The van der Waals surface area contributed by atoms with Crippen LogP contribution in [0.2, 0.25) is 0 Å². The number of aromatic nitrogens is 1. The van der Waals surface area contributed by atoms with E-state index in [1.54, 1.807) is 54.6 Å². The molecule has 2 aromatic carbocycles. The Morgan fingerprint density at radius 3 is 2.26 bits per heavy atom. The lowest BCUT2D eigenvalue weighted by Crippen LogP contribution is -2.26. The Balaban J connectivity index is 1.90. The Hall–Kier alpha value is -3.03. The summed E-state index contributed by atoms with van der Waals surface area (Å²) in [5, 5.41) is 2.66. The lowest BCUT2D eigenvalue weighted by Gasteiger charge is -2.17. The summed E-state index contributed by atoms with van der Waals surface area (Å²) < 4.78 is 30.6. The van der Waals surface area contributed by atoms with Crippen molar-refractivity contribution in [3.05, 3.63) is 90.3 Å². The fourth-order valence-corrected chi connectivity index (χ4v) is 3.39. The molecule has 0 aliphatic carbocycles. The SMILES string of the molecule is Cc1ccc(S(=O)(=O)OC(C(=O)Nc2ccccc2)c2ccccn2)cc1. The maximum atomic E-state index is 12.7. The van der Waals surface area contributed by atoms with Crippen LogP contribution < -0.4 is 5.32 Å². The molecule has 0 aliphatic rings. The van der Waals surface area contributed by atoms with Gasteiger partial charge in [-0.2, -0.15) is 8.42 Å². The number of hydrogen-bond donors (Lipinski definition) is 1. The van der Waals surface area contributed by atoms with Crippen molar-refractivity contribution < 1.29 is 17.4 Å². The second-order valence-corrected chi connectivity index (χ2v) is 7.43. The van der Waals surface area contributed by atoms with E-state index in [0.717, 1.165) is 5.56 Å². The quantitative estimate of drug-likeness (QED) is 0.660. The summed E-state index contributed by atoms with van der Waals surface area (Å²) >= 11 is 0. The van der Waals surface area contributed by atoms with E-state index in [2.05, 4.69) is 10.3 Å². The minimum atomic E-state index is -4.16. The number of benzene rings is 2. The first kappa shape index (κ1) is 18.8. The molecule has 1 aromatic heterocycles. The molecule has 3 rings (SSSR count). The van der Waals surface area contributed by atoms with Gasteiger partial charge in [0.15, 0.2) is 6.10 Å². The van der Waals surface area contributed by atoms with Gasteiger partial charge in [0, 0.05) is 11.9 Å². The number of pyridine rings is 1. The van der Waals surface area contributed by atoms with E-state index in [0.29, 0.717) is 5.69 Å². The predicted octanol–water partition coefficient (Wildman–Crippen LogP) is 3.48. The van der Waals surface area contributed by atoms with Gasteiger partial charge < -0.3 is 5.32 Å². The first-order valence-electron chi connectivity index (χ1n) is 8.22. The smallest absolute Gasteiger partial charge is 0.298 e. The Bertz CT molecular complexity index is 1000. The first-order chi connectivity index (χ1) is 13.0.